The van der Waals surface area contributed by atoms with Crippen LogP contribution >= 0.6 is 0 Å². The lowest BCUT2D eigenvalue weighted by molar-refractivity contribution is 0.0336. The van der Waals surface area contributed by atoms with Gasteiger partial charge in [-0.2, -0.15) is 0 Å². The van der Waals surface area contributed by atoms with Gasteiger partial charge >= 0.3 is 0 Å². The summed E-state index contributed by atoms with van der Waals surface area (Å²) >= 11 is 0. The molecule has 1 N–H and O–H groups in total. The Morgan fingerprint density at radius 2 is 2.33 bits per heavy atom. The van der Waals surface area contributed by atoms with Crippen molar-refractivity contribution in [2.75, 3.05) is 26.3 Å². The van der Waals surface area contributed by atoms with Crippen LogP contribution in [0.4, 0.5) is 0 Å². The fourth-order valence-corrected chi connectivity index (χ4v) is 1.25. The minimum Gasteiger partial charge on any atom is -0.379 e. The fraction of sp³-hybridized carbons (Fsp3) is 0.714. The molecule has 2 rings (SSSR count). The van der Waals surface area contributed by atoms with Crippen LogP contribution < -0.4 is 0 Å². The van der Waals surface area contributed by atoms with Crippen LogP contribution in [-0.4, -0.2) is 46.6 Å². The summed E-state index contributed by atoms with van der Waals surface area (Å²) in [5, 5.41) is 9.98. The third-order valence-electron chi connectivity index (χ3n) is 1.91. The average Bonchev–Trinajstić information content (AvgIpc) is 2.59. The zero-order valence-electron chi connectivity index (χ0n) is 6.79. The van der Waals surface area contributed by atoms with E-state index in [2.05, 4.69) is 26.5 Å². The zero-order valence-corrected chi connectivity index (χ0v) is 6.79. The second-order valence-corrected chi connectivity index (χ2v) is 2.79. The lowest BCUT2D eigenvalue weighted by atomic mass is 10.3. The maximum atomic E-state index is 5.23. The summed E-state index contributed by atoms with van der Waals surface area (Å²) in [4.78, 5) is 2.29. The molecule has 0 spiro atoms. The Labute approximate surface area is 70.7 Å². The molecule has 1 aliphatic rings. The third kappa shape index (κ3) is 1.80. The van der Waals surface area contributed by atoms with Crippen molar-refractivity contribution in [1.29, 1.82) is 0 Å². The van der Waals surface area contributed by atoms with Gasteiger partial charge in [0, 0.05) is 19.6 Å². The second kappa shape index (κ2) is 3.64. The van der Waals surface area contributed by atoms with Crippen LogP contribution in [0.2, 0.25) is 0 Å². The maximum Gasteiger partial charge on any atom is 0.139 e. The SMILES string of the molecule is [c]1nn[nH]c1CN1CCOCC1. The largest absolute Gasteiger partial charge is 0.379 e. The van der Waals surface area contributed by atoms with Crippen LogP contribution in [0.15, 0.2) is 0 Å². The van der Waals surface area contributed by atoms with E-state index < -0.39 is 0 Å². The van der Waals surface area contributed by atoms with E-state index in [1.807, 2.05) is 0 Å². The van der Waals surface area contributed by atoms with E-state index in [-0.39, 0.29) is 0 Å². The summed E-state index contributed by atoms with van der Waals surface area (Å²) in [5.74, 6) is 0. The quantitative estimate of drug-likeness (QED) is 0.641. The molecule has 1 radical (unpaired) electrons. The monoisotopic (exact) mass is 167 g/mol. The summed E-state index contributed by atoms with van der Waals surface area (Å²) in [5.41, 5.74) is 0.942. The summed E-state index contributed by atoms with van der Waals surface area (Å²) in [7, 11) is 0. The maximum absolute atomic E-state index is 5.23. The summed E-state index contributed by atoms with van der Waals surface area (Å²) in [6.07, 6.45) is 2.79. The van der Waals surface area contributed by atoms with E-state index in [4.69, 9.17) is 4.74 Å². The van der Waals surface area contributed by atoms with E-state index in [0.29, 0.717) is 0 Å². The molecule has 0 aromatic carbocycles. The predicted molar refractivity (Wildman–Crippen MR) is 41.3 cm³/mol. The van der Waals surface area contributed by atoms with Crippen molar-refractivity contribution in [3.63, 3.8) is 0 Å². The summed E-state index contributed by atoms with van der Waals surface area (Å²) in [6, 6.07) is 0. The Bertz CT molecular complexity index is 217. The van der Waals surface area contributed by atoms with Crippen LogP contribution in [0, 0.1) is 6.20 Å². The van der Waals surface area contributed by atoms with Crippen LogP contribution in [0.5, 0.6) is 0 Å². The molecule has 12 heavy (non-hydrogen) atoms. The van der Waals surface area contributed by atoms with Gasteiger partial charge < -0.3 is 4.74 Å². The van der Waals surface area contributed by atoms with Gasteiger partial charge in [-0.25, -0.2) is 0 Å². The molecule has 0 amide bonds. The zero-order chi connectivity index (χ0) is 8.23. The normalized spacial score (nSPS) is 19.7. The first-order valence-electron chi connectivity index (χ1n) is 4.03. The molecule has 5 heteroatoms. The summed E-state index contributed by atoms with van der Waals surface area (Å²) < 4.78 is 5.23. The number of aromatic nitrogens is 3. The van der Waals surface area contributed by atoms with Crippen molar-refractivity contribution < 1.29 is 4.74 Å². The number of H-pyrrole nitrogens is 1. The Balaban J connectivity index is 1.86. The Morgan fingerprint density at radius 1 is 1.50 bits per heavy atom. The number of nitrogens with zero attached hydrogens (tertiary/aromatic N) is 3. The van der Waals surface area contributed by atoms with E-state index >= 15 is 0 Å². The number of hydrogen-bond donors (Lipinski definition) is 1. The van der Waals surface area contributed by atoms with Gasteiger partial charge in [-0.1, -0.05) is 5.21 Å². The van der Waals surface area contributed by atoms with E-state index in [1.54, 1.807) is 0 Å². The number of hydrogen-bond acceptors (Lipinski definition) is 4. The molecule has 0 saturated carbocycles. The lowest BCUT2D eigenvalue weighted by Crippen LogP contribution is -2.35. The molecule has 2 heterocycles. The highest BCUT2D eigenvalue weighted by Gasteiger charge is 2.11. The highest BCUT2D eigenvalue weighted by molar-refractivity contribution is 4.88. The standard InChI is InChI=1S/C7H11N4O/c1-3-12-4-2-11(1)6-7-5-8-10-9-7/h1-4,6H2,(H,8,9,10). The second-order valence-electron chi connectivity index (χ2n) is 2.79. The first-order valence-corrected chi connectivity index (χ1v) is 4.03. The first kappa shape index (κ1) is 7.70. The molecular weight excluding hydrogens is 156 g/mol. The minimum atomic E-state index is 0.821. The molecular formula is C7H11N4O. The predicted octanol–water partition coefficient (Wildman–Crippen LogP) is -0.563. The van der Waals surface area contributed by atoms with Crippen LogP contribution in [0.25, 0.3) is 0 Å². The molecule has 0 bridgehead atoms. The van der Waals surface area contributed by atoms with Gasteiger partial charge in [0.15, 0.2) is 0 Å². The highest BCUT2D eigenvalue weighted by Crippen LogP contribution is 2.01. The van der Waals surface area contributed by atoms with Crippen molar-refractivity contribution in [3.8, 4) is 0 Å². The molecule has 0 aliphatic carbocycles. The fourth-order valence-electron chi connectivity index (χ4n) is 1.25. The Morgan fingerprint density at radius 3 is 3.00 bits per heavy atom. The van der Waals surface area contributed by atoms with Crippen molar-refractivity contribution in [1.82, 2.24) is 20.3 Å². The van der Waals surface area contributed by atoms with Gasteiger partial charge in [-0.05, 0) is 0 Å². The van der Waals surface area contributed by atoms with Gasteiger partial charge in [0.05, 0.1) is 18.9 Å². The molecule has 0 unspecified atom stereocenters. The van der Waals surface area contributed by atoms with Crippen LogP contribution in [-0.2, 0) is 11.3 Å². The van der Waals surface area contributed by atoms with Gasteiger partial charge in [-0.15, -0.1) is 5.10 Å². The van der Waals surface area contributed by atoms with Crippen molar-refractivity contribution >= 4 is 0 Å². The Kier molecular flexibility index (Phi) is 2.33. The van der Waals surface area contributed by atoms with Gasteiger partial charge in [0.25, 0.3) is 0 Å². The minimum absolute atomic E-state index is 0.821. The Hall–Kier alpha value is -0.940. The molecule has 1 aliphatic heterocycles. The number of nitrogens with one attached hydrogen (secondary N) is 1. The topological polar surface area (TPSA) is 54.0 Å². The van der Waals surface area contributed by atoms with Crippen molar-refractivity contribution in [2.24, 2.45) is 0 Å². The third-order valence-corrected chi connectivity index (χ3v) is 1.91. The molecule has 5 nitrogen and oxygen atoms in total. The average molecular weight is 167 g/mol. The van der Waals surface area contributed by atoms with Gasteiger partial charge in [0.2, 0.25) is 0 Å². The number of ether oxygens (including phenoxy) is 1. The lowest BCUT2D eigenvalue weighted by Gasteiger charge is -2.25. The van der Waals surface area contributed by atoms with Crippen LogP contribution in [0.1, 0.15) is 5.69 Å². The van der Waals surface area contributed by atoms with Crippen molar-refractivity contribution in [2.45, 2.75) is 6.54 Å². The molecule has 1 saturated heterocycles. The molecule has 1 aromatic rings. The summed E-state index contributed by atoms with van der Waals surface area (Å²) in [6.45, 7) is 4.44. The molecule has 0 atom stereocenters. The van der Waals surface area contributed by atoms with Crippen molar-refractivity contribution in [3.05, 3.63) is 11.9 Å². The highest BCUT2D eigenvalue weighted by atomic mass is 16.5. The molecule has 1 aromatic heterocycles. The number of aromatic amines is 1. The van der Waals surface area contributed by atoms with Crippen LogP contribution in [0.3, 0.4) is 0 Å². The number of morpholine rings is 1. The van der Waals surface area contributed by atoms with E-state index in [9.17, 15) is 0 Å². The van der Waals surface area contributed by atoms with E-state index in [1.165, 1.54) is 0 Å². The smallest absolute Gasteiger partial charge is 0.139 e. The first-order chi connectivity index (χ1) is 5.95. The van der Waals surface area contributed by atoms with Gasteiger partial charge in [0.1, 0.15) is 6.20 Å². The molecule has 1 fully saturated rings. The molecule has 65 valence electrons. The van der Waals surface area contributed by atoms with Gasteiger partial charge in [-0.3, -0.25) is 10.00 Å². The number of rotatable bonds is 2. The van der Waals surface area contributed by atoms with E-state index in [0.717, 1.165) is 38.5 Å².